The summed E-state index contributed by atoms with van der Waals surface area (Å²) in [5.41, 5.74) is -0.185. The van der Waals surface area contributed by atoms with Crippen LogP contribution in [-0.4, -0.2) is 17.5 Å². The number of rotatable bonds is 2. The van der Waals surface area contributed by atoms with E-state index in [1.165, 1.54) is 6.42 Å². The highest BCUT2D eigenvalue weighted by Gasteiger charge is 2.73. The van der Waals surface area contributed by atoms with Gasteiger partial charge in [0.15, 0.2) is 0 Å². The van der Waals surface area contributed by atoms with Gasteiger partial charge in [0.2, 0.25) is 0 Å². The lowest BCUT2D eigenvalue weighted by Gasteiger charge is -2.37. The van der Waals surface area contributed by atoms with Gasteiger partial charge in [0.1, 0.15) is 5.78 Å². The highest BCUT2D eigenvalue weighted by Crippen LogP contribution is 2.71. The van der Waals surface area contributed by atoms with Crippen molar-refractivity contribution in [2.45, 2.75) is 80.1 Å². The van der Waals surface area contributed by atoms with Crippen molar-refractivity contribution in [3.05, 3.63) is 0 Å². The summed E-state index contributed by atoms with van der Waals surface area (Å²) in [7, 11) is 0. The molecule has 0 saturated heterocycles. The summed E-state index contributed by atoms with van der Waals surface area (Å²) in [5, 5.41) is 4.40. The zero-order valence-corrected chi connectivity index (χ0v) is 16.5. The molecule has 4 aliphatic carbocycles. The summed E-state index contributed by atoms with van der Waals surface area (Å²) < 4.78 is 0. The Morgan fingerprint density at radius 2 is 1.72 bits per heavy atom. The van der Waals surface area contributed by atoms with Crippen molar-refractivity contribution in [3.63, 3.8) is 0 Å². The average molecular weight is 345 g/mol. The van der Waals surface area contributed by atoms with Crippen LogP contribution in [0, 0.1) is 33.0 Å². The summed E-state index contributed by atoms with van der Waals surface area (Å²) >= 11 is 0. The van der Waals surface area contributed by atoms with Crippen LogP contribution in [0.5, 0.6) is 0 Å². The van der Waals surface area contributed by atoms with Gasteiger partial charge in [0, 0.05) is 17.3 Å². The van der Waals surface area contributed by atoms with Crippen LogP contribution < -0.4 is 0 Å². The van der Waals surface area contributed by atoms with Crippen molar-refractivity contribution in [1.29, 1.82) is 0 Å². The number of nitrogens with zero attached hydrogens (tertiary/aromatic N) is 1. The highest BCUT2D eigenvalue weighted by molar-refractivity contribution is 5.98. The Morgan fingerprint density at radius 3 is 2.16 bits per heavy atom. The second-order valence-electron chi connectivity index (χ2n) is 10.5. The van der Waals surface area contributed by atoms with E-state index in [0.717, 1.165) is 31.4 Å². The first-order chi connectivity index (χ1) is 11.4. The molecule has 0 radical (unpaired) electrons. The van der Waals surface area contributed by atoms with Crippen LogP contribution in [0.4, 0.5) is 0 Å². The Bertz CT molecular complexity index is 706. The van der Waals surface area contributed by atoms with E-state index in [9.17, 15) is 9.59 Å². The lowest BCUT2D eigenvalue weighted by atomic mass is 9.65. The number of ketones is 1. The van der Waals surface area contributed by atoms with Crippen LogP contribution in [0.25, 0.3) is 0 Å². The maximum Gasteiger partial charge on any atom is 0.342 e. The molecule has 4 saturated carbocycles. The van der Waals surface area contributed by atoms with Gasteiger partial charge in [0.25, 0.3) is 0 Å². The molecular weight excluding hydrogens is 314 g/mol. The minimum absolute atomic E-state index is 0.0286. The summed E-state index contributed by atoms with van der Waals surface area (Å²) in [6.07, 6.45) is 5.11. The molecule has 138 valence electrons. The Hall–Kier alpha value is -1.19. The first kappa shape index (κ1) is 17.2. The van der Waals surface area contributed by atoms with E-state index in [0.29, 0.717) is 12.3 Å². The molecule has 0 aromatic rings. The maximum atomic E-state index is 13.1. The van der Waals surface area contributed by atoms with Crippen molar-refractivity contribution in [3.8, 4) is 0 Å². The van der Waals surface area contributed by atoms with Crippen molar-refractivity contribution < 1.29 is 14.4 Å². The number of carbonyl (C=O) groups excluding carboxylic acids is 2. The maximum absolute atomic E-state index is 13.1. The van der Waals surface area contributed by atoms with Crippen molar-refractivity contribution in [2.75, 3.05) is 0 Å². The van der Waals surface area contributed by atoms with Gasteiger partial charge in [-0.2, -0.15) is 0 Å². The Labute approximate surface area is 150 Å². The van der Waals surface area contributed by atoms with Crippen LogP contribution in [0.2, 0.25) is 0 Å². The number of fused-ring (bicyclic) bond motifs is 4. The lowest BCUT2D eigenvalue weighted by molar-refractivity contribution is -0.162. The molecule has 4 nitrogen and oxygen atoms in total. The third kappa shape index (κ3) is 1.67. The largest absolute Gasteiger partial charge is 0.342 e. The van der Waals surface area contributed by atoms with Gasteiger partial charge >= 0.3 is 5.97 Å². The second kappa shape index (κ2) is 4.55. The van der Waals surface area contributed by atoms with Crippen LogP contribution in [0.3, 0.4) is 0 Å². The predicted molar refractivity (Wildman–Crippen MR) is 95.9 cm³/mol. The molecule has 0 aromatic carbocycles. The molecule has 25 heavy (non-hydrogen) atoms. The third-order valence-electron chi connectivity index (χ3n) is 9.85. The Kier molecular flexibility index (Phi) is 3.14. The zero-order chi connectivity index (χ0) is 18.5. The van der Waals surface area contributed by atoms with Crippen molar-refractivity contribution in [1.82, 2.24) is 0 Å². The van der Waals surface area contributed by atoms with E-state index in [4.69, 9.17) is 4.84 Å². The molecular formula is C21H31NO3. The molecule has 4 rings (SSSR count). The topological polar surface area (TPSA) is 55.7 Å². The van der Waals surface area contributed by atoms with Crippen LogP contribution in [0.15, 0.2) is 5.16 Å². The molecule has 0 aliphatic heterocycles. The third-order valence-corrected chi connectivity index (χ3v) is 9.85. The smallest absolute Gasteiger partial charge is 0.318 e. The predicted octanol–water partition coefficient (Wildman–Crippen LogP) is 4.52. The number of oxime groups is 1. The quantitative estimate of drug-likeness (QED) is 0.546. The van der Waals surface area contributed by atoms with Gasteiger partial charge in [-0.15, -0.1) is 0 Å². The minimum Gasteiger partial charge on any atom is -0.318 e. The lowest BCUT2D eigenvalue weighted by Crippen LogP contribution is -2.41. The fourth-order valence-corrected chi connectivity index (χ4v) is 6.56. The molecule has 0 heterocycles. The second-order valence-corrected chi connectivity index (χ2v) is 10.5. The Balaban J connectivity index is 1.60. The molecule has 0 aromatic heterocycles. The van der Waals surface area contributed by atoms with E-state index in [2.05, 4.69) is 39.8 Å². The van der Waals surface area contributed by atoms with E-state index in [1.807, 2.05) is 6.92 Å². The molecule has 0 N–H and O–H groups in total. The molecule has 4 bridgehead atoms. The van der Waals surface area contributed by atoms with Gasteiger partial charge < -0.3 is 4.84 Å². The summed E-state index contributed by atoms with van der Waals surface area (Å²) in [4.78, 5) is 31.2. The summed E-state index contributed by atoms with van der Waals surface area (Å²) in [5.74, 6) is 0.553. The monoisotopic (exact) mass is 345 g/mol. The summed E-state index contributed by atoms with van der Waals surface area (Å²) in [6.45, 7) is 13.0. The molecule has 0 unspecified atom stereocenters. The molecule has 4 heteroatoms. The highest BCUT2D eigenvalue weighted by atomic mass is 16.7. The molecule has 4 aliphatic rings. The van der Waals surface area contributed by atoms with Gasteiger partial charge in [0.05, 0.1) is 11.1 Å². The molecule has 4 fully saturated rings. The SMILES string of the molecule is CC1(C)[C@@]2(C(=O)O/N=C3\C[C@@H]4CC[C@@]3(C)C4(C)C)CC[C@]1(C)C(=O)C2. The molecule has 0 amide bonds. The zero-order valence-electron chi connectivity index (χ0n) is 16.5. The Morgan fingerprint density at radius 1 is 1.04 bits per heavy atom. The summed E-state index contributed by atoms with van der Waals surface area (Å²) in [6, 6.07) is 0. The molecule has 4 atom stereocenters. The van der Waals surface area contributed by atoms with E-state index in [-0.39, 0.29) is 28.0 Å². The van der Waals surface area contributed by atoms with E-state index < -0.39 is 10.8 Å². The average Bonchev–Trinajstić information content (AvgIpc) is 3.02. The van der Waals surface area contributed by atoms with Crippen molar-refractivity contribution in [2.24, 2.45) is 38.1 Å². The standard InChI is InChI=1S/C21H31NO3/c1-17(2)13-7-8-19(17,5)14(11-13)22-25-16(24)21-10-9-20(6,15(23)12-21)18(21,3)4/h13H,7-12H2,1-6H3/b22-14+/t13-,19+,20+,21-/m0/s1. The normalized spacial score (nSPS) is 47.7. The minimum atomic E-state index is -0.697. The molecule has 0 spiro atoms. The van der Waals surface area contributed by atoms with Gasteiger partial charge in [-0.05, 0) is 48.9 Å². The van der Waals surface area contributed by atoms with Gasteiger partial charge in [-0.25, -0.2) is 4.79 Å². The van der Waals surface area contributed by atoms with E-state index in [1.54, 1.807) is 0 Å². The van der Waals surface area contributed by atoms with Gasteiger partial charge in [-0.3, -0.25) is 4.79 Å². The van der Waals surface area contributed by atoms with Crippen molar-refractivity contribution >= 4 is 17.5 Å². The first-order valence-electron chi connectivity index (χ1n) is 9.75. The fraction of sp³-hybridized carbons (Fsp3) is 0.857. The van der Waals surface area contributed by atoms with Crippen LogP contribution >= 0.6 is 0 Å². The van der Waals surface area contributed by atoms with Gasteiger partial charge in [-0.1, -0.05) is 46.7 Å². The van der Waals surface area contributed by atoms with Crippen LogP contribution in [-0.2, 0) is 14.4 Å². The fourth-order valence-electron chi connectivity index (χ4n) is 6.56. The first-order valence-corrected chi connectivity index (χ1v) is 9.75. The number of Topliss-reactive ketones (excluding diaryl/α,β-unsaturated/α-hetero) is 1. The number of carbonyl (C=O) groups is 2. The van der Waals surface area contributed by atoms with Crippen LogP contribution in [0.1, 0.15) is 80.1 Å². The van der Waals surface area contributed by atoms with E-state index >= 15 is 0 Å². The number of hydrogen-bond donors (Lipinski definition) is 0. The number of hydrogen-bond acceptors (Lipinski definition) is 4.